The predicted octanol–water partition coefficient (Wildman–Crippen LogP) is 4.07. The Labute approximate surface area is 128 Å². The molecule has 1 heterocycles. The Morgan fingerprint density at radius 2 is 1.71 bits per heavy atom. The molecule has 0 saturated carbocycles. The summed E-state index contributed by atoms with van der Waals surface area (Å²) in [5.74, 6) is 0.964. The minimum absolute atomic E-state index is 0.0824. The Hall–Kier alpha value is -2.20. The van der Waals surface area contributed by atoms with Gasteiger partial charge in [0.05, 0.1) is 5.69 Å². The van der Waals surface area contributed by atoms with Crippen LogP contribution >= 0.6 is 11.8 Å². The van der Waals surface area contributed by atoms with Crippen LogP contribution in [0.2, 0.25) is 0 Å². The fourth-order valence-electron chi connectivity index (χ4n) is 2.17. The molecule has 4 heteroatoms. The largest absolute Gasteiger partial charge is 0.451 e. The molecule has 106 valence electrons. The minimum Gasteiger partial charge on any atom is -0.451 e. The predicted molar refractivity (Wildman–Crippen MR) is 85.5 cm³/mol. The normalized spacial score (nSPS) is 15.6. The number of para-hydroxylation sites is 2. The van der Waals surface area contributed by atoms with Gasteiger partial charge < -0.3 is 9.64 Å². The van der Waals surface area contributed by atoms with E-state index in [4.69, 9.17) is 4.74 Å². The van der Waals surface area contributed by atoms with Crippen molar-refractivity contribution in [3.63, 3.8) is 0 Å². The summed E-state index contributed by atoms with van der Waals surface area (Å²) in [6, 6.07) is 17.4. The fourth-order valence-corrected chi connectivity index (χ4v) is 3.35. The van der Waals surface area contributed by atoms with E-state index in [1.165, 1.54) is 6.92 Å². The van der Waals surface area contributed by atoms with Gasteiger partial charge in [-0.1, -0.05) is 42.1 Å². The lowest BCUT2D eigenvalue weighted by atomic mass is 10.3. The molecule has 0 fully saturated rings. The molecule has 21 heavy (non-hydrogen) atoms. The van der Waals surface area contributed by atoms with Gasteiger partial charge in [0.15, 0.2) is 5.78 Å². The van der Waals surface area contributed by atoms with Crippen LogP contribution in [-0.2, 0) is 4.79 Å². The molecular formula is C17H15NO2S. The van der Waals surface area contributed by atoms with Gasteiger partial charge in [-0.25, -0.2) is 0 Å². The van der Waals surface area contributed by atoms with Crippen LogP contribution in [-0.4, -0.2) is 12.8 Å². The van der Waals surface area contributed by atoms with Crippen molar-refractivity contribution in [3.05, 3.63) is 65.4 Å². The number of fused-ring (bicyclic) bond motifs is 1. The highest BCUT2D eigenvalue weighted by Gasteiger charge is 2.27. The number of allylic oxidation sites excluding steroid dienone is 1. The van der Waals surface area contributed by atoms with E-state index in [1.54, 1.807) is 11.8 Å². The van der Waals surface area contributed by atoms with Gasteiger partial charge in [-0.3, -0.25) is 4.79 Å². The van der Waals surface area contributed by atoms with Crippen LogP contribution in [0.3, 0.4) is 0 Å². The maximum Gasteiger partial charge on any atom is 0.200 e. The number of anilines is 1. The average molecular weight is 297 g/mol. The number of hydrogen-bond donors (Lipinski definition) is 0. The Morgan fingerprint density at radius 3 is 2.38 bits per heavy atom. The molecular weight excluding hydrogens is 282 g/mol. The van der Waals surface area contributed by atoms with Gasteiger partial charge in [0.2, 0.25) is 5.76 Å². The molecule has 0 unspecified atom stereocenters. The summed E-state index contributed by atoms with van der Waals surface area (Å²) in [6.07, 6.45) is 0. The van der Waals surface area contributed by atoms with Gasteiger partial charge in [-0.2, -0.15) is 0 Å². The SMILES string of the molecule is CC(=O)C(Oc1ccccc1)=C1Sc2ccccc2N1C. The molecule has 0 aromatic heterocycles. The lowest BCUT2D eigenvalue weighted by Gasteiger charge is -2.17. The quantitative estimate of drug-likeness (QED) is 0.631. The second kappa shape index (κ2) is 5.66. The van der Waals surface area contributed by atoms with Gasteiger partial charge in [-0.05, 0) is 24.3 Å². The third-order valence-electron chi connectivity index (χ3n) is 3.21. The first-order valence-corrected chi connectivity index (χ1v) is 7.47. The average Bonchev–Trinajstić information content (AvgIpc) is 2.83. The smallest absolute Gasteiger partial charge is 0.200 e. The zero-order chi connectivity index (χ0) is 14.8. The second-order valence-corrected chi connectivity index (χ2v) is 5.77. The topological polar surface area (TPSA) is 29.5 Å². The lowest BCUT2D eigenvalue weighted by molar-refractivity contribution is -0.115. The van der Waals surface area contributed by atoms with Crippen molar-refractivity contribution in [2.45, 2.75) is 11.8 Å². The van der Waals surface area contributed by atoms with Crippen molar-refractivity contribution < 1.29 is 9.53 Å². The molecule has 0 saturated heterocycles. The van der Waals surface area contributed by atoms with E-state index >= 15 is 0 Å². The third kappa shape index (κ3) is 2.67. The summed E-state index contributed by atoms with van der Waals surface area (Å²) in [5.41, 5.74) is 1.09. The molecule has 0 aliphatic carbocycles. The third-order valence-corrected chi connectivity index (χ3v) is 4.43. The van der Waals surface area contributed by atoms with Gasteiger partial charge in [-0.15, -0.1) is 0 Å². The molecule has 1 aliphatic rings. The highest BCUT2D eigenvalue weighted by molar-refractivity contribution is 8.03. The number of carbonyl (C=O) groups is 1. The Balaban J connectivity index is 2.00. The number of benzene rings is 2. The number of Topliss-reactive ketones (excluding diaryl/α,β-unsaturated/α-hetero) is 1. The summed E-state index contributed by atoms with van der Waals surface area (Å²) in [5, 5.41) is 0.826. The Bertz CT molecular complexity index is 710. The van der Waals surface area contributed by atoms with E-state index < -0.39 is 0 Å². The monoisotopic (exact) mass is 297 g/mol. The van der Waals surface area contributed by atoms with Crippen molar-refractivity contribution in [3.8, 4) is 5.75 Å². The van der Waals surface area contributed by atoms with Crippen molar-refractivity contribution in [1.29, 1.82) is 0 Å². The number of carbonyl (C=O) groups excluding carboxylic acids is 1. The summed E-state index contributed by atoms with van der Waals surface area (Å²) in [7, 11) is 1.95. The second-order valence-electron chi connectivity index (χ2n) is 4.73. The van der Waals surface area contributed by atoms with Crippen LogP contribution in [0, 0.1) is 0 Å². The summed E-state index contributed by atoms with van der Waals surface area (Å²) < 4.78 is 5.83. The molecule has 0 atom stereocenters. The van der Waals surface area contributed by atoms with E-state index in [2.05, 4.69) is 0 Å². The van der Waals surface area contributed by atoms with E-state index in [0.29, 0.717) is 11.5 Å². The molecule has 0 bridgehead atoms. The standard InChI is InChI=1S/C17H15NO2S/c1-12(19)16(20-13-8-4-3-5-9-13)17-18(2)14-10-6-7-11-15(14)21-17/h3-11H,1-2H3. The molecule has 0 amide bonds. The summed E-state index contributed by atoms with van der Waals surface area (Å²) >= 11 is 1.56. The number of ketones is 1. The van der Waals surface area contributed by atoms with Crippen LogP contribution in [0.1, 0.15) is 6.92 Å². The number of nitrogens with zero attached hydrogens (tertiary/aromatic N) is 1. The zero-order valence-electron chi connectivity index (χ0n) is 11.9. The van der Waals surface area contributed by atoms with Gasteiger partial charge >= 0.3 is 0 Å². The molecule has 0 spiro atoms. The highest BCUT2D eigenvalue weighted by atomic mass is 32.2. The van der Waals surface area contributed by atoms with E-state index in [9.17, 15) is 4.79 Å². The van der Waals surface area contributed by atoms with Gasteiger partial charge in [0.1, 0.15) is 10.8 Å². The summed E-state index contributed by atoms with van der Waals surface area (Å²) in [6.45, 7) is 1.53. The van der Waals surface area contributed by atoms with E-state index in [1.807, 2.05) is 66.5 Å². The van der Waals surface area contributed by atoms with Crippen molar-refractivity contribution >= 4 is 23.2 Å². The molecule has 2 aromatic carbocycles. The van der Waals surface area contributed by atoms with Crippen LogP contribution in [0.5, 0.6) is 5.75 Å². The van der Waals surface area contributed by atoms with Crippen LogP contribution < -0.4 is 9.64 Å². The molecule has 3 rings (SSSR count). The first-order valence-electron chi connectivity index (χ1n) is 6.65. The molecule has 0 radical (unpaired) electrons. The van der Waals surface area contributed by atoms with Crippen LogP contribution in [0.15, 0.2) is 70.3 Å². The van der Waals surface area contributed by atoms with Gasteiger partial charge in [0, 0.05) is 18.9 Å². The summed E-state index contributed by atoms with van der Waals surface area (Å²) in [4.78, 5) is 15.1. The van der Waals surface area contributed by atoms with Gasteiger partial charge in [0.25, 0.3) is 0 Å². The van der Waals surface area contributed by atoms with Crippen molar-refractivity contribution in [2.24, 2.45) is 0 Å². The van der Waals surface area contributed by atoms with Crippen molar-refractivity contribution in [1.82, 2.24) is 0 Å². The fraction of sp³-hybridized carbons (Fsp3) is 0.118. The molecule has 1 aliphatic heterocycles. The maximum absolute atomic E-state index is 12.0. The Morgan fingerprint density at radius 1 is 1.05 bits per heavy atom. The van der Waals surface area contributed by atoms with E-state index in [-0.39, 0.29) is 5.78 Å². The first kappa shape index (κ1) is 13.8. The minimum atomic E-state index is -0.0824. The van der Waals surface area contributed by atoms with Crippen LogP contribution in [0.25, 0.3) is 0 Å². The molecule has 0 N–H and O–H groups in total. The highest BCUT2D eigenvalue weighted by Crippen LogP contribution is 2.46. The first-order chi connectivity index (χ1) is 10.2. The lowest BCUT2D eigenvalue weighted by Crippen LogP contribution is -2.17. The Kier molecular flexibility index (Phi) is 3.71. The maximum atomic E-state index is 12.0. The molecule has 3 nitrogen and oxygen atoms in total. The van der Waals surface area contributed by atoms with E-state index in [0.717, 1.165) is 15.6 Å². The number of rotatable bonds is 3. The number of thioether (sulfide) groups is 1. The van der Waals surface area contributed by atoms with Crippen molar-refractivity contribution in [2.75, 3.05) is 11.9 Å². The number of hydrogen-bond acceptors (Lipinski definition) is 4. The zero-order valence-corrected chi connectivity index (χ0v) is 12.7. The van der Waals surface area contributed by atoms with Crippen LogP contribution in [0.4, 0.5) is 5.69 Å². The number of ether oxygens (including phenoxy) is 1. The molecule has 2 aromatic rings.